The second-order valence-corrected chi connectivity index (χ2v) is 10.6. The highest BCUT2D eigenvalue weighted by atomic mass is 35.5. The predicted molar refractivity (Wildman–Crippen MR) is 148 cm³/mol. The molecule has 9 heteroatoms. The number of aryl methyl sites for hydroxylation is 1. The van der Waals surface area contributed by atoms with Crippen LogP contribution in [-0.2, 0) is 18.6 Å². The molecule has 3 aromatic heterocycles. The molecule has 2 aromatic carbocycles. The van der Waals surface area contributed by atoms with Crippen LogP contribution in [0, 0.1) is 6.92 Å². The van der Waals surface area contributed by atoms with Crippen LogP contribution in [0.5, 0.6) is 0 Å². The number of nitrogens with one attached hydrogen (secondary N) is 1. The normalized spacial score (nSPS) is 12.9. The molecule has 5 rings (SSSR count). The van der Waals surface area contributed by atoms with E-state index in [0.717, 1.165) is 34.2 Å². The third-order valence-corrected chi connectivity index (χ3v) is 7.51. The number of aromatic nitrogens is 5. The standard InChI is InChI=1S/C29H31ClN6O2/c1-5-29(3,4)36-27(32-33-34-36)26(23-16-20-13-12-19(2)15-25(20)31-28(23)37)35(18-22-10-8-14-38-22)17-21-9-6-7-11-24(21)30/h6-16,26H,5,17-18H2,1-4H3,(H,31,37). The molecule has 0 fully saturated rings. The van der Waals surface area contributed by atoms with Gasteiger partial charge in [0.05, 0.1) is 18.3 Å². The first kappa shape index (κ1) is 25.9. The molecule has 38 heavy (non-hydrogen) atoms. The number of rotatable bonds is 9. The lowest BCUT2D eigenvalue weighted by Crippen LogP contribution is -2.38. The van der Waals surface area contributed by atoms with Crippen LogP contribution in [0.15, 0.2) is 76.1 Å². The SMILES string of the molecule is CCC(C)(C)n1nnnc1C(c1cc2ccc(C)cc2[nH]c1=O)N(Cc1ccco1)Cc1ccccc1Cl. The van der Waals surface area contributed by atoms with Gasteiger partial charge in [-0.05, 0) is 84.5 Å². The van der Waals surface area contributed by atoms with Crippen molar-refractivity contribution >= 4 is 22.5 Å². The molecule has 0 radical (unpaired) electrons. The number of nitrogens with zero attached hydrogens (tertiary/aromatic N) is 5. The predicted octanol–water partition coefficient (Wildman–Crippen LogP) is 6.01. The van der Waals surface area contributed by atoms with Crippen LogP contribution >= 0.6 is 11.6 Å². The molecule has 0 spiro atoms. The molecule has 1 atom stereocenters. The number of hydrogen-bond donors (Lipinski definition) is 1. The maximum Gasteiger partial charge on any atom is 0.253 e. The van der Waals surface area contributed by atoms with E-state index in [9.17, 15) is 4.79 Å². The summed E-state index contributed by atoms with van der Waals surface area (Å²) in [4.78, 5) is 19.0. The van der Waals surface area contributed by atoms with Crippen LogP contribution in [0.2, 0.25) is 5.02 Å². The van der Waals surface area contributed by atoms with Crippen molar-refractivity contribution in [2.45, 2.75) is 58.8 Å². The molecular weight excluding hydrogens is 500 g/mol. The zero-order chi connectivity index (χ0) is 26.9. The van der Waals surface area contributed by atoms with Crippen LogP contribution in [0.25, 0.3) is 10.9 Å². The lowest BCUT2D eigenvalue weighted by Gasteiger charge is -2.33. The lowest BCUT2D eigenvalue weighted by atomic mass is 9.98. The molecule has 0 saturated carbocycles. The van der Waals surface area contributed by atoms with E-state index in [1.54, 1.807) is 6.26 Å². The van der Waals surface area contributed by atoms with Gasteiger partial charge >= 0.3 is 0 Å². The highest BCUT2D eigenvalue weighted by Crippen LogP contribution is 2.33. The summed E-state index contributed by atoms with van der Waals surface area (Å²) >= 11 is 6.61. The van der Waals surface area contributed by atoms with Crippen molar-refractivity contribution in [3.05, 3.63) is 111 Å². The zero-order valence-electron chi connectivity index (χ0n) is 22.0. The summed E-state index contributed by atoms with van der Waals surface area (Å²) in [6, 6.07) is 18.9. The molecule has 3 heterocycles. The fourth-order valence-electron chi connectivity index (χ4n) is 4.67. The maximum absolute atomic E-state index is 13.7. The highest BCUT2D eigenvalue weighted by Gasteiger charge is 2.35. The molecular formula is C29H31ClN6O2. The zero-order valence-corrected chi connectivity index (χ0v) is 22.7. The molecule has 8 nitrogen and oxygen atoms in total. The number of benzene rings is 2. The summed E-state index contributed by atoms with van der Waals surface area (Å²) < 4.78 is 7.58. The quantitative estimate of drug-likeness (QED) is 0.251. The Morgan fingerprint density at radius 3 is 2.66 bits per heavy atom. The van der Waals surface area contributed by atoms with Gasteiger partial charge in [-0.2, -0.15) is 0 Å². The van der Waals surface area contributed by atoms with E-state index in [0.29, 0.717) is 29.5 Å². The summed E-state index contributed by atoms with van der Waals surface area (Å²) in [7, 11) is 0. The fourth-order valence-corrected chi connectivity index (χ4v) is 4.86. The second kappa shape index (κ2) is 10.6. The van der Waals surface area contributed by atoms with Gasteiger partial charge in [0.15, 0.2) is 5.82 Å². The van der Waals surface area contributed by atoms with Gasteiger partial charge in [-0.25, -0.2) is 4.68 Å². The largest absolute Gasteiger partial charge is 0.468 e. The van der Waals surface area contributed by atoms with E-state index >= 15 is 0 Å². The average Bonchev–Trinajstić information content (AvgIpc) is 3.59. The number of tetrazole rings is 1. The van der Waals surface area contributed by atoms with Crippen LogP contribution in [-0.4, -0.2) is 30.1 Å². The van der Waals surface area contributed by atoms with Crippen molar-refractivity contribution in [3.8, 4) is 0 Å². The minimum atomic E-state index is -0.591. The van der Waals surface area contributed by atoms with Gasteiger partial charge in [0.1, 0.15) is 11.8 Å². The van der Waals surface area contributed by atoms with E-state index in [2.05, 4.69) is 46.2 Å². The van der Waals surface area contributed by atoms with E-state index in [1.807, 2.05) is 72.3 Å². The monoisotopic (exact) mass is 530 g/mol. The van der Waals surface area contributed by atoms with Gasteiger partial charge in [-0.15, -0.1) is 5.10 Å². The number of halogens is 1. The van der Waals surface area contributed by atoms with Crippen LogP contribution in [0.1, 0.15) is 61.5 Å². The van der Waals surface area contributed by atoms with Gasteiger partial charge < -0.3 is 9.40 Å². The molecule has 1 unspecified atom stereocenters. The number of pyridine rings is 1. The van der Waals surface area contributed by atoms with E-state index in [-0.39, 0.29) is 11.1 Å². The molecule has 196 valence electrons. The summed E-state index contributed by atoms with van der Waals surface area (Å²) in [6.07, 6.45) is 2.45. The molecule has 0 aliphatic rings. The molecule has 0 bridgehead atoms. The van der Waals surface area contributed by atoms with E-state index < -0.39 is 6.04 Å². The fraction of sp³-hybridized carbons (Fsp3) is 0.310. The third kappa shape index (κ3) is 5.14. The van der Waals surface area contributed by atoms with Gasteiger partial charge in [0, 0.05) is 22.6 Å². The third-order valence-electron chi connectivity index (χ3n) is 7.14. The Kier molecular flexibility index (Phi) is 7.19. The summed E-state index contributed by atoms with van der Waals surface area (Å²) in [6.45, 7) is 9.12. The summed E-state index contributed by atoms with van der Waals surface area (Å²) in [5.41, 5.74) is 2.76. The van der Waals surface area contributed by atoms with Crippen molar-refractivity contribution in [1.29, 1.82) is 0 Å². The van der Waals surface area contributed by atoms with Crippen LogP contribution < -0.4 is 5.56 Å². The van der Waals surface area contributed by atoms with Crippen molar-refractivity contribution < 1.29 is 4.42 Å². The minimum absolute atomic E-state index is 0.194. The van der Waals surface area contributed by atoms with E-state index in [4.69, 9.17) is 16.0 Å². The van der Waals surface area contributed by atoms with Crippen molar-refractivity contribution in [1.82, 2.24) is 30.1 Å². The Labute approximate surface area is 226 Å². The summed E-state index contributed by atoms with van der Waals surface area (Å²) in [5, 5.41) is 14.5. The van der Waals surface area contributed by atoms with Crippen LogP contribution in [0.4, 0.5) is 0 Å². The number of hydrogen-bond acceptors (Lipinski definition) is 6. The minimum Gasteiger partial charge on any atom is -0.468 e. The first-order chi connectivity index (χ1) is 18.3. The first-order valence-corrected chi connectivity index (χ1v) is 13.1. The van der Waals surface area contributed by atoms with Crippen molar-refractivity contribution in [2.75, 3.05) is 0 Å². The van der Waals surface area contributed by atoms with Crippen molar-refractivity contribution in [2.24, 2.45) is 0 Å². The van der Waals surface area contributed by atoms with Crippen LogP contribution in [0.3, 0.4) is 0 Å². The molecule has 0 amide bonds. The number of fused-ring (bicyclic) bond motifs is 1. The lowest BCUT2D eigenvalue weighted by molar-refractivity contribution is 0.168. The van der Waals surface area contributed by atoms with E-state index in [1.165, 1.54) is 0 Å². The molecule has 0 aliphatic heterocycles. The molecule has 0 aliphatic carbocycles. The Bertz CT molecular complexity index is 1610. The Morgan fingerprint density at radius 1 is 1.11 bits per heavy atom. The van der Waals surface area contributed by atoms with Gasteiger partial charge in [0.2, 0.25) is 0 Å². The maximum atomic E-state index is 13.7. The Balaban J connectivity index is 1.74. The topological polar surface area (TPSA) is 92.8 Å². The van der Waals surface area contributed by atoms with Gasteiger partial charge in [0.25, 0.3) is 5.56 Å². The highest BCUT2D eigenvalue weighted by molar-refractivity contribution is 6.31. The molecule has 5 aromatic rings. The van der Waals surface area contributed by atoms with Crippen molar-refractivity contribution in [3.63, 3.8) is 0 Å². The smallest absolute Gasteiger partial charge is 0.253 e. The second-order valence-electron chi connectivity index (χ2n) is 10.2. The average molecular weight is 531 g/mol. The first-order valence-electron chi connectivity index (χ1n) is 12.7. The van der Waals surface area contributed by atoms with Gasteiger partial charge in [-0.3, -0.25) is 9.69 Å². The Morgan fingerprint density at radius 2 is 1.92 bits per heavy atom. The summed E-state index contributed by atoms with van der Waals surface area (Å²) in [5.74, 6) is 1.33. The number of aromatic amines is 1. The number of H-pyrrole nitrogens is 1. The molecule has 0 saturated heterocycles. The number of furan rings is 1. The Hall–Kier alpha value is -3.75. The van der Waals surface area contributed by atoms with Gasteiger partial charge in [-0.1, -0.05) is 48.9 Å². The molecule has 1 N–H and O–H groups in total.